The number of aryl methyl sites for hydroxylation is 1. The molecule has 0 saturated carbocycles. The summed E-state index contributed by atoms with van der Waals surface area (Å²) in [5.74, 6) is 1.82. The smallest absolute Gasteiger partial charge is 0.111 e. The monoisotopic (exact) mass is 196 g/mol. The second kappa shape index (κ2) is 5.81. The zero-order valence-corrected chi connectivity index (χ0v) is 9.36. The predicted octanol–water partition coefficient (Wildman–Crippen LogP) is 2.34. The van der Waals surface area contributed by atoms with Crippen molar-refractivity contribution in [1.29, 1.82) is 0 Å². The van der Waals surface area contributed by atoms with Gasteiger partial charge in [0.1, 0.15) is 5.82 Å². The Hall–Kier alpha value is -0.830. The van der Waals surface area contributed by atoms with Crippen LogP contribution in [0.25, 0.3) is 0 Å². The first-order valence-corrected chi connectivity index (χ1v) is 5.43. The minimum absolute atomic E-state index is 0.610. The van der Waals surface area contributed by atoms with Crippen LogP contribution in [0.2, 0.25) is 0 Å². The maximum Gasteiger partial charge on any atom is 0.111 e. The zero-order valence-electron chi connectivity index (χ0n) is 9.36. The van der Waals surface area contributed by atoms with Crippen LogP contribution in [-0.2, 0) is 11.8 Å². The Kier molecular flexibility index (Phi) is 4.66. The lowest BCUT2D eigenvalue weighted by Gasteiger charge is -2.21. The summed E-state index contributed by atoms with van der Waals surface area (Å²) in [6.45, 7) is 5.77. The molecule has 0 spiro atoms. The minimum Gasteiger partial charge on any atom is -0.381 e. The molecule has 1 aromatic rings. The Morgan fingerprint density at radius 3 is 2.50 bits per heavy atom. The molecule has 1 saturated heterocycles. The van der Waals surface area contributed by atoms with Crippen LogP contribution in [0.1, 0.15) is 38.4 Å². The molecule has 3 nitrogen and oxygen atoms in total. The molecule has 0 radical (unpaired) electrons. The van der Waals surface area contributed by atoms with E-state index in [1.54, 1.807) is 0 Å². The minimum atomic E-state index is 0.610. The fraction of sp³-hybridized carbons (Fsp3) is 0.727. The van der Waals surface area contributed by atoms with Crippen LogP contribution in [-0.4, -0.2) is 22.8 Å². The summed E-state index contributed by atoms with van der Waals surface area (Å²) in [7, 11) is 2.05. The van der Waals surface area contributed by atoms with E-state index in [9.17, 15) is 0 Å². The van der Waals surface area contributed by atoms with Crippen LogP contribution in [0.4, 0.5) is 0 Å². The van der Waals surface area contributed by atoms with Gasteiger partial charge in [-0.05, 0) is 12.8 Å². The molecular weight excluding hydrogens is 176 g/mol. The van der Waals surface area contributed by atoms with Gasteiger partial charge in [-0.1, -0.05) is 13.8 Å². The van der Waals surface area contributed by atoms with Crippen LogP contribution in [0, 0.1) is 0 Å². The van der Waals surface area contributed by atoms with Crippen molar-refractivity contribution in [3.8, 4) is 0 Å². The molecule has 0 N–H and O–H groups in total. The molecule has 1 aliphatic heterocycles. The summed E-state index contributed by atoms with van der Waals surface area (Å²) in [6.07, 6.45) is 6.10. The first kappa shape index (κ1) is 11.2. The molecule has 1 aliphatic rings. The van der Waals surface area contributed by atoms with E-state index in [0.29, 0.717) is 5.92 Å². The van der Waals surface area contributed by atoms with E-state index >= 15 is 0 Å². The molecule has 0 atom stereocenters. The van der Waals surface area contributed by atoms with Gasteiger partial charge >= 0.3 is 0 Å². The van der Waals surface area contributed by atoms with Crippen molar-refractivity contribution in [2.45, 2.75) is 32.6 Å². The van der Waals surface area contributed by atoms with E-state index in [0.717, 1.165) is 26.1 Å². The van der Waals surface area contributed by atoms with Crippen LogP contribution in [0.3, 0.4) is 0 Å². The molecule has 0 amide bonds. The molecule has 0 unspecified atom stereocenters. The van der Waals surface area contributed by atoms with Crippen LogP contribution in [0.5, 0.6) is 0 Å². The van der Waals surface area contributed by atoms with Gasteiger partial charge < -0.3 is 9.30 Å². The highest BCUT2D eigenvalue weighted by Gasteiger charge is 2.18. The molecule has 1 fully saturated rings. The summed E-state index contributed by atoms with van der Waals surface area (Å²) in [6, 6.07) is 0. The Morgan fingerprint density at radius 2 is 2.00 bits per heavy atom. The highest BCUT2D eigenvalue weighted by molar-refractivity contribution is 5.00. The summed E-state index contributed by atoms with van der Waals surface area (Å²) in [5.41, 5.74) is 0. The molecule has 0 aliphatic carbocycles. The lowest BCUT2D eigenvalue weighted by Crippen LogP contribution is -2.16. The van der Waals surface area contributed by atoms with Gasteiger partial charge in [-0.15, -0.1) is 0 Å². The Balaban J connectivity index is 0.000000461. The zero-order chi connectivity index (χ0) is 10.4. The number of hydrogen-bond acceptors (Lipinski definition) is 2. The summed E-state index contributed by atoms with van der Waals surface area (Å²) < 4.78 is 7.41. The number of rotatable bonds is 1. The molecule has 14 heavy (non-hydrogen) atoms. The van der Waals surface area contributed by atoms with Crippen molar-refractivity contribution in [1.82, 2.24) is 9.55 Å². The van der Waals surface area contributed by atoms with Crippen molar-refractivity contribution in [3.05, 3.63) is 18.2 Å². The van der Waals surface area contributed by atoms with Gasteiger partial charge in [0.2, 0.25) is 0 Å². The maximum atomic E-state index is 5.30. The topological polar surface area (TPSA) is 27.1 Å². The highest BCUT2D eigenvalue weighted by Crippen LogP contribution is 2.24. The molecule has 2 rings (SSSR count). The van der Waals surface area contributed by atoms with Crippen LogP contribution < -0.4 is 0 Å². The standard InChI is InChI=1S/C9H14N2O.C2H6/c1-11-5-4-10-9(11)8-2-6-12-7-3-8;1-2/h4-5,8H,2-3,6-7H2,1H3;1-2H3. The third-order valence-electron chi connectivity index (χ3n) is 2.44. The van der Waals surface area contributed by atoms with Crippen molar-refractivity contribution >= 4 is 0 Å². The third-order valence-corrected chi connectivity index (χ3v) is 2.44. The predicted molar refractivity (Wildman–Crippen MR) is 57.4 cm³/mol. The molecular formula is C11H20N2O. The number of ether oxygens (including phenoxy) is 1. The van der Waals surface area contributed by atoms with Gasteiger partial charge in [-0.2, -0.15) is 0 Å². The van der Waals surface area contributed by atoms with Crippen molar-refractivity contribution < 1.29 is 4.74 Å². The first-order valence-electron chi connectivity index (χ1n) is 5.43. The molecule has 3 heteroatoms. The molecule has 1 aromatic heterocycles. The quantitative estimate of drug-likeness (QED) is 0.689. The fourth-order valence-corrected chi connectivity index (χ4v) is 1.73. The van der Waals surface area contributed by atoms with Gasteiger partial charge in [0.05, 0.1) is 0 Å². The van der Waals surface area contributed by atoms with Crippen molar-refractivity contribution in [2.24, 2.45) is 7.05 Å². The largest absolute Gasteiger partial charge is 0.381 e. The van der Waals surface area contributed by atoms with Gasteiger partial charge in [-0.3, -0.25) is 0 Å². The van der Waals surface area contributed by atoms with Gasteiger partial charge in [0, 0.05) is 38.6 Å². The van der Waals surface area contributed by atoms with E-state index in [1.165, 1.54) is 5.82 Å². The Morgan fingerprint density at radius 1 is 1.36 bits per heavy atom. The van der Waals surface area contributed by atoms with Crippen molar-refractivity contribution in [2.75, 3.05) is 13.2 Å². The number of aromatic nitrogens is 2. The maximum absolute atomic E-state index is 5.30. The summed E-state index contributed by atoms with van der Waals surface area (Å²) in [4.78, 5) is 4.35. The Bertz CT molecular complexity index is 252. The van der Waals surface area contributed by atoms with E-state index in [1.807, 2.05) is 26.2 Å². The molecule has 80 valence electrons. The SMILES string of the molecule is CC.Cn1ccnc1C1CCOCC1. The molecule has 2 heterocycles. The fourth-order valence-electron chi connectivity index (χ4n) is 1.73. The van der Waals surface area contributed by atoms with E-state index in [-0.39, 0.29) is 0 Å². The third kappa shape index (κ3) is 2.58. The average molecular weight is 196 g/mol. The molecule has 0 aromatic carbocycles. The van der Waals surface area contributed by atoms with E-state index in [2.05, 4.69) is 16.6 Å². The second-order valence-corrected chi connectivity index (χ2v) is 3.28. The lowest BCUT2D eigenvalue weighted by atomic mass is 10.00. The number of nitrogens with zero attached hydrogens (tertiary/aromatic N) is 2. The van der Waals surface area contributed by atoms with Gasteiger partial charge in [0.15, 0.2) is 0 Å². The normalized spacial score (nSPS) is 17.4. The number of hydrogen-bond donors (Lipinski definition) is 0. The summed E-state index contributed by atoms with van der Waals surface area (Å²) >= 11 is 0. The summed E-state index contributed by atoms with van der Waals surface area (Å²) in [5, 5.41) is 0. The average Bonchev–Trinajstić information content (AvgIpc) is 2.69. The Labute approximate surface area is 86.1 Å². The van der Waals surface area contributed by atoms with Crippen LogP contribution in [0.15, 0.2) is 12.4 Å². The highest BCUT2D eigenvalue weighted by atomic mass is 16.5. The molecule has 0 bridgehead atoms. The van der Waals surface area contributed by atoms with E-state index < -0.39 is 0 Å². The number of imidazole rings is 1. The second-order valence-electron chi connectivity index (χ2n) is 3.28. The first-order chi connectivity index (χ1) is 6.88. The lowest BCUT2D eigenvalue weighted by molar-refractivity contribution is 0.0830. The van der Waals surface area contributed by atoms with Crippen molar-refractivity contribution in [3.63, 3.8) is 0 Å². The van der Waals surface area contributed by atoms with E-state index in [4.69, 9.17) is 4.74 Å². The van der Waals surface area contributed by atoms with Crippen LogP contribution >= 0.6 is 0 Å². The van der Waals surface area contributed by atoms with Gasteiger partial charge in [-0.25, -0.2) is 4.98 Å². The van der Waals surface area contributed by atoms with Gasteiger partial charge in [0.25, 0.3) is 0 Å².